The lowest BCUT2D eigenvalue weighted by atomic mass is 10.1. The van der Waals surface area contributed by atoms with E-state index in [1.54, 1.807) is 6.20 Å². The summed E-state index contributed by atoms with van der Waals surface area (Å²) in [5.74, 6) is 0.536. The van der Waals surface area contributed by atoms with E-state index in [0.29, 0.717) is 17.2 Å². The number of carbonyl (C=O) groups is 1. The van der Waals surface area contributed by atoms with Crippen LogP contribution in [0.4, 0.5) is 11.6 Å². The Morgan fingerprint density at radius 2 is 1.85 bits per heavy atom. The molecule has 138 valence electrons. The fraction of sp³-hybridized carbons (Fsp3) is 0.450. The SMILES string of the molecule is CCN1CCN(c2ncc(C(=O)Nc3ccc(C)c(C)c3)c(C)n2)CC1. The van der Waals surface area contributed by atoms with E-state index in [2.05, 4.69) is 38.9 Å². The number of rotatable bonds is 4. The number of carbonyl (C=O) groups excluding carboxylic acids is 1. The van der Waals surface area contributed by atoms with Crippen molar-refractivity contribution in [1.29, 1.82) is 0 Å². The van der Waals surface area contributed by atoms with Gasteiger partial charge in [0.1, 0.15) is 0 Å². The van der Waals surface area contributed by atoms with E-state index in [1.165, 1.54) is 5.56 Å². The van der Waals surface area contributed by atoms with Gasteiger partial charge >= 0.3 is 0 Å². The molecule has 0 radical (unpaired) electrons. The van der Waals surface area contributed by atoms with Crippen LogP contribution in [0.25, 0.3) is 0 Å². The van der Waals surface area contributed by atoms with Crippen molar-refractivity contribution in [3.63, 3.8) is 0 Å². The first-order valence-corrected chi connectivity index (χ1v) is 9.17. The highest BCUT2D eigenvalue weighted by Gasteiger charge is 2.19. The minimum atomic E-state index is -0.173. The summed E-state index contributed by atoms with van der Waals surface area (Å²) >= 11 is 0. The zero-order valence-electron chi connectivity index (χ0n) is 16.0. The van der Waals surface area contributed by atoms with Gasteiger partial charge in [-0.3, -0.25) is 4.79 Å². The smallest absolute Gasteiger partial charge is 0.259 e. The number of hydrogen-bond acceptors (Lipinski definition) is 5. The predicted molar refractivity (Wildman–Crippen MR) is 105 cm³/mol. The molecule has 1 aliphatic heterocycles. The van der Waals surface area contributed by atoms with Crippen LogP contribution in [0, 0.1) is 20.8 Å². The number of nitrogens with one attached hydrogen (secondary N) is 1. The minimum Gasteiger partial charge on any atom is -0.338 e. The summed E-state index contributed by atoms with van der Waals surface area (Å²) in [5, 5.41) is 2.94. The van der Waals surface area contributed by atoms with Crippen molar-refractivity contribution in [1.82, 2.24) is 14.9 Å². The summed E-state index contributed by atoms with van der Waals surface area (Å²) in [7, 11) is 0. The molecular formula is C20H27N5O. The second-order valence-electron chi connectivity index (χ2n) is 6.84. The number of nitrogens with zero attached hydrogens (tertiary/aromatic N) is 4. The van der Waals surface area contributed by atoms with Gasteiger partial charge in [-0.25, -0.2) is 9.97 Å². The van der Waals surface area contributed by atoms with Crippen molar-refractivity contribution in [2.24, 2.45) is 0 Å². The number of aromatic nitrogens is 2. The summed E-state index contributed by atoms with van der Waals surface area (Å²) in [4.78, 5) is 26.2. The maximum absolute atomic E-state index is 12.6. The van der Waals surface area contributed by atoms with Crippen LogP contribution in [0.2, 0.25) is 0 Å². The topological polar surface area (TPSA) is 61.4 Å². The van der Waals surface area contributed by atoms with Crippen LogP contribution in [-0.2, 0) is 0 Å². The molecule has 26 heavy (non-hydrogen) atoms. The second kappa shape index (κ2) is 7.83. The largest absolute Gasteiger partial charge is 0.338 e. The second-order valence-corrected chi connectivity index (χ2v) is 6.84. The Labute approximate surface area is 155 Å². The Hall–Kier alpha value is -2.47. The average Bonchev–Trinajstić information content (AvgIpc) is 2.64. The molecule has 1 saturated heterocycles. The van der Waals surface area contributed by atoms with E-state index in [9.17, 15) is 4.79 Å². The first-order valence-electron chi connectivity index (χ1n) is 9.17. The minimum absolute atomic E-state index is 0.173. The average molecular weight is 353 g/mol. The predicted octanol–water partition coefficient (Wildman–Crippen LogP) is 2.80. The van der Waals surface area contributed by atoms with Crippen molar-refractivity contribution in [2.75, 3.05) is 42.9 Å². The molecule has 1 aromatic heterocycles. The Balaban J connectivity index is 1.70. The lowest BCUT2D eigenvalue weighted by Crippen LogP contribution is -2.46. The normalized spacial score (nSPS) is 15.2. The van der Waals surface area contributed by atoms with E-state index < -0.39 is 0 Å². The van der Waals surface area contributed by atoms with Gasteiger partial charge in [0.2, 0.25) is 5.95 Å². The molecule has 0 saturated carbocycles. The van der Waals surface area contributed by atoms with E-state index in [-0.39, 0.29) is 5.91 Å². The van der Waals surface area contributed by atoms with Gasteiger partial charge in [-0.15, -0.1) is 0 Å². The van der Waals surface area contributed by atoms with Crippen LogP contribution in [0.15, 0.2) is 24.4 Å². The van der Waals surface area contributed by atoms with Crippen LogP contribution in [0.3, 0.4) is 0 Å². The van der Waals surface area contributed by atoms with Gasteiger partial charge < -0.3 is 15.1 Å². The van der Waals surface area contributed by atoms with Gasteiger partial charge in [-0.05, 0) is 50.6 Å². The zero-order valence-corrected chi connectivity index (χ0v) is 16.0. The molecule has 0 unspecified atom stereocenters. The zero-order chi connectivity index (χ0) is 18.7. The third-order valence-corrected chi connectivity index (χ3v) is 5.08. The molecule has 6 nitrogen and oxygen atoms in total. The van der Waals surface area contributed by atoms with Gasteiger partial charge in [0.25, 0.3) is 5.91 Å². The maximum Gasteiger partial charge on any atom is 0.259 e. The third-order valence-electron chi connectivity index (χ3n) is 5.08. The van der Waals surface area contributed by atoms with E-state index in [0.717, 1.165) is 44.0 Å². The van der Waals surface area contributed by atoms with Crippen LogP contribution in [0.5, 0.6) is 0 Å². The van der Waals surface area contributed by atoms with Gasteiger partial charge in [0, 0.05) is 38.1 Å². The molecule has 0 atom stereocenters. The van der Waals surface area contributed by atoms with E-state index >= 15 is 0 Å². The van der Waals surface area contributed by atoms with Crippen LogP contribution in [0.1, 0.15) is 34.1 Å². The number of anilines is 2. The molecule has 0 spiro atoms. The van der Waals surface area contributed by atoms with E-state index in [1.807, 2.05) is 32.0 Å². The summed E-state index contributed by atoms with van der Waals surface area (Å²) in [6.45, 7) is 13.1. The molecule has 1 N–H and O–H groups in total. The number of piperazine rings is 1. The standard InChI is InChI=1S/C20H27N5O/c1-5-24-8-10-25(11-9-24)20-21-13-18(16(4)22-20)19(26)23-17-7-6-14(2)15(3)12-17/h6-7,12-13H,5,8-11H2,1-4H3,(H,23,26). The van der Waals surface area contributed by atoms with Crippen molar-refractivity contribution < 1.29 is 4.79 Å². The van der Waals surface area contributed by atoms with Gasteiger partial charge in [0.15, 0.2) is 0 Å². The Morgan fingerprint density at radius 1 is 1.12 bits per heavy atom. The molecule has 3 rings (SSSR count). The first-order chi connectivity index (χ1) is 12.5. The van der Waals surface area contributed by atoms with Crippen molar-refractivity contribution in [3.8, 4) is 0 Å². The molecule has 1 aliphatic rings. The van der Waals surface area contributed by atoms with Crippen LogP contribution >= 0.6 is 0 Å². The number of amides is 1. The highest BCUT2D eigenvalue weighted by molar-refractivity contribution is 6.04. The van der Waals surface area contributed by atoms with Gasteiger partial charge in [-0.1, -0.05) is 13.0 Å². The van der Waals surface area contributed by atoms with Crippen LogP contribution in [-0.4, -0.2) is 53.5 Å². The fourth-order valence-corrected chi connectivity index (χ4v) is 3.11. The Kier molecular flexibility index (Phi) is 5.52. The van der Waals surface area contributed by atoms with Crippen molar-refractivity contribution in [3.05, 3.63) is 46.8 Å². The first kappa shape index (κ1) is 18.3. The van der Waals surface area contributed by atoms with Crippen molar-refractivity contribution >= 4 is 17.5 Å². The fourth-order valence-electron chi connectivity index (χ4n) is 3.11. The molecule has 1 aromatic carbocycles. The Morgan fingerprint density at radius 3 is 2.46 bits per heavy atom. The monoisotopic (exact) mass is 353 g/mol. The number of likely N-dealkylation sites (N-methyl/N-ethyl adjacent to an activating group) is 1. The number of aryl methyl sites for hydroxylation is 3. The summed E-state index contributed by atoms with van der Waals surface area (Å²) in [5.41, 5.74) is 4.36. The van der Waals surface area contributed by atoms with Gasteiger partial charge in [-0.2, -0.15) is 0 Å². The summed E-state index contributed by atoms with van der Waals surface area (Å²) in [6, 6.07) is 5.90. The highest BCUT2D eigenvalue weighted by atomic mass is 16.1. The lowest BCUT2D eigenvalue weighted by Gasteiger charge is -2.34. The number of hydrogen-bond donors (Lipinski definition) is 1. The molecule has 6 heteroatoms. The molecule has 1 amide bonds. The quantitative estimate of drug-likeness (QED) is 0.916. The van der Waals surface area contributed by atoms with Crippen molar-refractivity contribution in [2.45, 2.75) is 27.7 Å². The molecule has 2 heterocycles. The Bertz CT molecular complexity index is 797. The molecule has 2 aromatic rings. The molecule has 0 aliphatic carbocycles. The number of benzene rings is 1. The molecular weight excluding hydrogens is 326 g/mol. The lowest BCUT2D eigenvalue weighted by molar-refractivity contribution is 0.102. The molecule has 0 bridgehead atoms. The van der Waals surface area contributed by atoms with Gasteiger partial charge in [0.05, 0.1) is 11.3 Å². The highest BCUT2D eigenvalue weighted by Crippen LogP contribution is 2.17. The summed E-state index contributed by atoms with van der Waals surface area (Å²) < 4.78 is 0. The van der Waals surface area contributed by atoms with Crippen LogP contribution < -0.4 is 10.2 Å². The van der Waals surface area contributed by atoms with E-state index in [4.69, 9.17) is 0 Å². The maximum atomic E-state index is 12.6. The molecule has 1 fully saturated rings. The third kappa shape index (κ3) is 4.02. The summed E-state index contributed by atoms with van der Waals surface area (Å²) in [6.07, 6.45) is 1.64.